The fourth-order valence-corrected chi connectivity index (χ4v) is 2.24. The van der Waals surface area contributed by atoms with E-state index >= 15 is 0 Å². The SMILES string of the molecule is CC1CCN(Cc2nc(C(=O)NC(C)C)co2)CC1. The second-order valence-corrected chi connectivity index (χ2v) is 5.71. The van der Waals surface area contributed by atoms with Crippen LogP contribution in [0.2, 0.25) is 0 Å². The summed E-state index contributed by atoms with van der Waals surface area (Å²) in [5.41, 5.74) is 0.370. The van der Waals surface area contributed by atoms with Crippen LogP contribution in [0.1, 0.15) is 50.0 Å². The van der Waals surface area contributed by atoms with Gasteiger partial charge in [0.15, 0.2) is 5.69 Å². The van der Waals surface area contributed by atoms with Crippen LogP contribution in [0.25, 0.3) is 0 Å². The monoisotopic (exact) mass is 265 g/mol. The first-order valence-corrected chi connectivity index (χ1v) is 7.02. The molecule has 2 rings (SSSR count). The van der Waals surface area contributed by atoms with Gasteiger partial charge in [-0.25, -0.2) is 4.98 Å². The standard InChI is InChI=1S/C14H23N3O2/c1-10(2)15-14(18)12-9-19-13(16-12)8-17-6-4-11(3)5-7-17/h9-11H,4-8H2,1-3H3,(H,15,18). The fourth-order valence-electron chi connectivity index (χ4n) is 2.24. The van der Waals surface area contributed by atoms with Crippen molar-refractivity contribution in [2.24, 2.45) is 5.92 Å². The van der Waals surface area contributed by atoms with E-state index in [0.717, 1.165) is 19.0 Å². The number of nitrogens with zero attached hydrogens (tertiary/aromatic N) is 2. The second-order valence-electron chi connectivity index (χ2n) is 5.71. The van der Waals surface area contributed by atoms with Crippen molar-refractivity contribution in [1.29, 1.82) is 0 Å². The van der Waals surface area contributed by atoms with Crippen LogP contribution in [0.5, 0.6) is 0 Å². The third-order valence-corrected chi connectivity index (χ3v) is 3.44. The van der Waals surface area contributed by atoms with Crippen LogP contribution in [-0.2, 0) is 6.54 Å². The Balaban J connectivity index is 1.88. The smallest absolute Gasteiger partial charge is 0.273 e. The molecule has 0 atom stereocenters. The van der Waals surface area contributed by atoms with Crippen molar-refractivity contribution in [2.75, 3.05) is 13.1 Å². The maximum absolute atomic E-state index is 11.8. The predicted molar refractivity (Wildman–Crippen MR) is 72.8 cm³/mol. The van der Waals surface area contributed by atoms with Crippen LogP contribution >= 0.6 is 0 Å². The van der Waals surface area contributed by atoms with Gasteiger partial charge in [0.1, 0.15) is 6.26 Å². The number of carbonyl (C=O) groups is 1. The predicted octanol–water partition coefficient (Wildman–Crippen LogP) is 2.04. The quantitative estimate of drug-likeness (QED) is 0.905. The van der Waals surface area contributed by atoms with Gasteiger partial charge in [0.25, 0.3) is 5.91 Å². The van der Waals surface area contributed by atoms with E-state index in [0.29, 0.717) is 18.1 Å². The molecule has 0 saturated carbocycles. The Kier molecular flexibility index (Phi) is 4.58. The Morgan fingerprint density at radius 1 is 1.53 bits per heavy atom. The van der Waals surface area contributed by atoms with Gasteiger partial charge >= 0.3 is 0 Å². The van der Waals surface area contributed by atoms with Gasteiger partial charge in [-0.2, -0.15) is 0 Å². The van der Waals surface area contributed by atoms with Crippen LogP contribution in [0.4, 0.5) is 0 Å². The molecule has 0 bridgehead atoms. The molecule has 0 spiro atoms. The molecule has 1 aliphatic heterocycles. The molecule has 0 aliphatic carbocycles. The van der Waals surface area contributed by atoms with Gasteiger partial charge in [0, 0.05) is 6.04 Å². The molecule has 1 fully saturated rings. The van der Waals surface area contributed by atoms with E-state index in [1.807, 2.05) is 13.8 Å². The molecule has 1 aromatic heterocycles. The summed E-state index contributed by atoms with van der Waals surface area (Å²) in [6.45, 7) is 8.99. The number of oxazole rings is 1. The summed E-state index contributed by atoms with van der Waals surface area (Å²) in [6, 6.07) is 0.108. The summed E-state index contributed by atoms with van der Waals surface area (Å²) < 4.78 is 5.38. The zero-order valence-corrected chi connectivity index (χ0v) is 12.0. The highest BCUT2D eigenvalue weighted by molar-refractivity contribution is 5.92. The lowest BCUT2D eigenvalue weighted by Gasteiger charge is -2.28. The lowest BCUT2D eigenvalue weighted by Crippen LogP contribution is -2.32. The minimum absolute atomic E-state index is 0.108. The van der Waals surface area contributed by atoms with Crippen molar-refractivity contribution < 1.29 is 9.21 Å². The summed E-state index contributed by atoms with van der Waals surface area (Å²) >= 11 is 0. The number of nitrogens with one attached hydrogen (secondary N) is 1. The van der Waals surface area contributed by atoms with Crippen molar-refractivity contribution in [2.45, 2.75) is 46.2 Å². The zero-order chi connectivity index (χ0) is 13.8. The number of likely N-dealkylation sites (tertiary alicyclic amines) is 1. The lowest BCUT2D eigenvalue weighted by molar-refractivity contribution is 0.0938. The Bertz CT molecular complexity index is 420. The van der Waals surface area contributed by atoms with Crippen molar-refractivity contribution in [3.05, 3.63) is 17.8 Å². The molecule has 0 radical (unpaired) electrons. The van der Waals surface area contributed by atoms with Gasteiger partial charge < -0.3 is 9.73 Å². The van der Waals surface area contributed by atoms with Gasteiger partial charge in [-0.1, -0.05) is 6.92 Å². The first kappa shape index (κ1) is 14.1. The van der Waals surface area contributed by atoms with Gasteiger partial charge in [-0.15, -0.1) is 0 Å². The Morgan fingerprint density at radius 2 is 2.21 bits per heavy atom. The molecular formula is C14H23N3O2. The molecule has 1 N–H and O–H groups in total. The number of carbonyl (C=O) groups excluding carboxylic acids is 1. The largest absolute Gasteiger partial charge is 0.447 e. The van der Waals surface area contributed by atoms with Crippen LogP contribution in [0.3, 0.4) is 0 Å². The van der Waals surface area contributed by atoms with Gasteiger partial charge in [-0.05, 0) is 45.7 Å². The number of piperidine rings is 1. The van der Waals surface area contributed by atoms with Crippen molar-refractivity contribution in [3.63, 3.8) is 0 Å². The van der Waals surface area contributed by atoms with E-state index in [2.05, 4.69) is 22.1 Å². The molecule has 1 amide bonds. The number of amides is 1. The van der Waals surface area contributed by atoms with Crippen molar-refractivity contribution in [3.8, 4) is 0 Å². The maximum Gasteiger partial charge on any atom is 0.273 e. The van der Waals surface area contributed by atoms with E-state index in [9.17, 15) is 4.79 Å². The number of hydrogen-bond donors (Lipinski definition) is 1. The van der Waals surface area contributed by atoms with Gasteiger partial charge in [-0.3, -0.25) is 9.69 Å². The first-order chi connectivity index (χ1) is 9.04. The van der Waals surface area contributed by atoms with E-state index in [-0.39, 0.29) is 11.9 Å². The van der Waals surface area contributed by atoms with Crippen LogP contribution in [-0.4, -0.2) is 34.9 Å². The zero-order valence-electron chi connectivity index (χ0n) is 12.0. The van der Waals surface area contributed by atoms with E-state index in [1.165, 1.54) is 19.1 Å². The van der Waals surface area contributed by atoms with Gasteiger partial charge in [0.2, 0.25) is 5.89 Å². The minimum Gasteiger partial charge on any atom is -0.447 e. The Hall–Kier alpha value is -1.36. The van der Waals surface area contributed by atoms with Crippen LogP contribution in [0, 0.1) is 5.92 Å². The summed E-state index contributed by atoms with van der Waals surface area (Å²) in [4.78, 5) is 18.3. The molecule has 0 unspecified atom stereocenters. The molecule has 5 nitrogen and oxygen atoms in total. The number of rotatable bonds is 4. The van der Waals surface area contributed by atoms with Crippen molar-refractivity contribution >= 4 is 5.91 Å². The van der Waals surface area contributed by atoms with Crippen molar-refractivity contribution in [1.82, 2.24) is 15.2 Å². The number of aromatic nitrogens is 1. The summed E-state index contributed by atoms with van der Waals surface area (Å²) in [5, 5.41) is 2.81. The number of hydrogen-bond acceptors (Lipinski definition) is 4. The Labute approximate surface area is 114 Å². The van der Waals surface area contributed by atoms with E-state index in [1.54, 1.807) is 0 Å². The third kappa shape index (κ3) is 4.06. The summed E-state index contributed by atoms with van der Waals surface area (Å²) in [7, 11) is 0. The van der Waals surface area contributed by atoms with Crippen LogP contribution < -0.4 is 5.32 Å². The molecule has 1 aromatic rings. The highest BCUT2D eigenvalue weighted by Crippen LogP contribution is 2.17. The topological polar surface area (TPSA) is 58.4 Å². The molecule has 1 saturated heterocycles. The average molecular weight is 265 g/mol. The van der Waals surface area contributed by atoms with E-state index < -0.39 is 0 Å². The second kappa shape index (κ2) is 6.19. The molecule has 19 heavy (non-hydrogen) atoms. The van der Waals surface area contributed by atoms with E-state index in [4.69, 9.17) is 4.42 Å². The molecular weight excluding hydrogens is 242 g/mol. The average Bonchev–Trinajstić information content (AvgIpc) is 2.80. The first-order valence-electron chi connectivity index (χ1n) is 7.02. The van der Waals surface area contributed by atoms with Crippen LogP contribution in [0.15, 0.2) is 10.7 Å². The summed E-state index contributed by atoms with van der Waals surface area (Å²) in [5.74, 6) is 1.27. The molecule has 106 valence electrons. The Morgan fingerprint density at radius 3 is 2.84 bits per heavy atom. The molecule has 5 heteroatoms. The minimum atomic E-state index is -0.169. The highest BCUT2D eigenvalue weighted by atomic mass is 16.3. The fraction of sp³-hybridized carbons (Fsp3) is 0.714. The maximum atomic E-state index is 11.8. The molecule has 2 heterocycles. The third-order valence-electron chi connectivity index (χ3n) is 3.44. The molecule has 1 aliphatic rings. The molecule has 0 aromatic carbocycles. The van der Waals surface area contributed by atoms with Gasteiger partial charge in [0.05, 0.1) is 6.54 Å². The lowest BCUT2D eigenvalue weighted by atomic mass is 9.99. The highest BCUT2D eigenvalue weighted by Gasteiger charge is 2.19. The summed E-state index contributed by atoms with van der Waals surface area (Å²) in [6.07, 6.45) is 3.89. The normalized spacial score (nSPS) is 17.9.